The van der Waals surface area contributed by atoms with Gasteiger partial charge in [0.25, 0.3) is 0 Å². The molecule has 0 amide bonds. The molecule has 1 aromatic rings. The maximum Gasteiger partial charge on any atom is 0.101 e. The molecule has 0 aromatic heterocycles. The number of aliphatic hydroxyl groups is 1. The van der Waals surface area contributed by atoms with Crippen LogP contribution in [0, 0.1) is 11.3 Å². The lowest BCUT2D eigenvalue weighted by Crippen LogP contribution is -2.32. The zero-order chi connectivity index (χ0) is 15.2. The predicted octanol–water partition coefficient (Wildman–Crippen LogP) is 1.25. The van der Waals surface area contributed by atoms with Crippen molar-refractivity contribution < 1.29 is 9.84 Å². The van der Waals surface area contributed by atoms with E-state index in [2.05, 4.69) is 11.4 Å². The van der Waals surface area contributed by atoms with Crippen LogP contribution in [-0.2, 0) is 11.3 Å². The number of benzene rings is 1. The first kappa shape index (κ1) is 15.8. The quantitative estimate of drug-likeness (QED) is 0.754. The standard InChI is InChI=1S/C16H23N3O2/c1-19(10-15(20)11-21-2)16-6-3-12(7-13(16)8-17)9-18-14-4-5-14/h3,6-7,14-15,18,20H,4-5,9-11H2,1-2H3. The highest BCUT2D eigenvalue weighted by Crippen LogP contribution is 2.23. The zero-order valence-corrected chi connectivity index (χ0v) is 12.7. The molecule has 0 aliphatic heterocycles. The first-order valence-electron chi connectivity index (χ1n) is 7.28. The van der Waals surface area contributed by atoms with Crippen molar-refractivity contribution in [3.63, 3.8) is 0 Å². The van der Waals surface area contributed by atoms with Crippen LogP contribution in [-0.4, -0.2) is 44.6 Å². The fourth-order valence-electron chi connectivity index (χ4n) is 2.32. The van der Waals surface area contributed by atoms with E-state index in [4.69, 9.17) is 4.74 Å². The molecule has 1 aliphatic carbocycles. The molecular weight excluding hydrogens is 266 g/mol. The summed E-state index contributed by atoms with van der Waals surface area (Å²) in [4.78, 5) is 1.89. The number of nitrogens with zero attached hydrogens (tertiary/aromatic N) is 2. The van der Waals surface area contributed by atoms with Gasteiger partial charge in [0.15, 0.2) is 0 Å². The van der Waals surface area contributed by atoms with Crippen molar-refractivity contribution in [2.45, 2.75) is 31.5 Å². The van der Waals surface area contributed by atoms with Gasteiger partial charge in [0.05, 0.1) is 24.0 Å². The van der Waals surface area contributed by atoms with Crippen LogP contribution < -0.4 is 10.2 Å². The number of hydrogen-bond acceptors (Lipinski definition) is 5. The molecule has 5 heteroatoms. The molecule has 1 aliphatic rings. The second kappa shape index (κ2) is 7.41. The number of nitrogens with one attached hydrogen (secondary N) is 1. The molecule has 1 aromatic carbocycles. The number of nitriles is 1. The van der Waals surface area contributed by atoms with Gasteiger partial charge >= 0.3 is 0 Å². The zero-order valence-electron chi connectivity index (χ0n) is 12.7. The van der Waals surface area contributed by atoms with E-state index in [1.54, 1.807) is 7.11 Å². The van der Waals surface area contributed by atoms with Crippen molar-refractivity contribution in [3.8, 4) is 6.07 Å². The van der Waals surface area contributed by atoms with Crippen molar-refractivity contribution in [2.75, 3.05) is 32.2 Å². The number of anilines is 1. The van der Waals surface area contributed by atoms with Crippen molar-refractivity contribution in [2.24, 2.45) is 0 Å². The smallest absolute Gasteiger partial charge is 0.101 e. The van der Waals surface area contributed by atoms with E-state index in [1.807, 2.05) is 30.1 Å². The Hall–Kier alpha value is -1.61. The van der Waals surface area contributed by atoms with Gasteiger partial charge in [0.2, 0.25) is 0 Å². The van der Waals surface area contributed by atoms with Crippen molar-refractivity contribution >= 4 is 5.69 Å². The number of hydrogen-bond donors (Lipinski definition) is 2. The fraction of sp³-hybridized carbons (Fsp3) is 0.562. The first-order chi connectivity index (χ1) is 10.1. The third-order valence-corrected chi connectivity index (χ3v) is 3.61. The summed E-state index contributed by atoms with van der Waals surface area (Å²) in [7, 11) is 3.43. The first-order valence-corrected chi connectivity index (χ1v) is 7.28. The molecule has 1 atom stereocenters. The van der Waals surface area contributed by atoms with Crippen LogP contribution in [0.5, 0.6) is 0 Å². The van der Waals surface area contributed by atoms with E-state index < -0.39 is 6.10 Å². The monoisotopic (exact) mass is 289 g/mol. The Labute approximate surface area is 126 Å². The molecule has 1 fully saturated rings. The molecule has 2 rings (SSSR count). The van der Waals surface area contributed by atoms with Crippen molar-refractivity contribution in [1.29, 1.82) is 5.26 Å². The molecule has 0 radical (unpaired) electrons. The normalized spacial score (nSPS) is 15.5. The van der Waals surface area contributed by atoms with E-state index in [-0.39, 0.29) is 6.61 Å². The Morgan fingerprint density at radius 2 is 2.29 bits per heavy atom. The summed E-state index contributed by atoms with van der Waals surface area (Å²) in [5.74, 6) is 0. The average Bonchev–Trinajstić information content (AvgIpc) is 3.29. The van der Waals surface area contributed by atoms with E-state index in [0.717, 1.165) is 17.8 Å². The lowest BCUT2D eigenvalue weighted by Gasteiger charge is -2.23. The van der Waals surface area contributed by atoms with E-state index >= 15 is 0 Å². The minimum atomic E-state index is -0.567. The van der Waals surface area contributed by atoms with Crippen molar-refractivity contribution in [3.05, 3.63) is 29.3 Å². The maximum atomic E-state index is 9.79. The summed E-state index contributed by atoms with van der Waals surface area (Å²) in [6.07, 6.45) is 1.94. The van der Waals surface area contributed by atoms with Crippen LogP contribution >= 0.6 is 0 Å². The summed E-state index contributed by atoms with van der Waals surface area (Å²) in [5.41, 5.74) is 2.59. The molecule has 21 heavy (non-hydrogen) atoms. The summed E-state index contributed by atoms with van der Waals surface area (Å²) in [5, 5.41) is 22.6. The number of ether oxygens (including phenoxy) is 1. The Morgan fingerprint density at radius 3 is 2.90 bits per heavy atom. The molecule has 0 heterocycles. The number of aliphatic hydroxyl groups excluding tert-OH is 1. The molecule has 1 unspecified atom stereocenters. The number of likely N-dealkylation sites (N-methyl/N-ethyl adjacent to an activating group) is 1. The summed E-state index contributed by atoms with van der Waals surface area (Å²) in [6.45, 7) is 1.52. The van der Waals surface area contributed by atoms with Gasteiger partial charge in [-0.2, -0.15) is 5.26 Å². The Bertz CT molecular complexity index is 509. The lowest BCUT2D eigenvalue weighted by molar-refractivity contribution is 0.0695. The topological polar surface area (TPSA) is 68.5 Å². The van der Waals surface area contributed by atoms with Gasteiger partial charge in [-0.25, -0.2) is 0 Å². The van der Waals surface area contributed by atoms with Gasteiger partial charge in [-0.15, -0.1) is 0 Å². The van der Waals surface area contributed by atoms with Crippen LogP contribution in [0.3, 0.4) is 0 Å². The van der Waals surface area contributed by atoms with Gasteiger partial charge in [0.1, 0.15) is 6.07 Å². The third-order valence-electron chi connectivity index (χ3n) is 3.61. The molecule has 114 valence electrons. The average molecular weight is 289 g/mol. The largest absolute Gasteiger partial charge is 0.389 e. The van der Waals surface area contributed by atoms with Crippen LogP contribution in [0.2, 0.25) is 0 Å². The SMILES string of the molecule is COCC(O)CN(C)c1ccc(CNC2CC2)cc1C#N. The van der Waals surface area contributed by atoms with E-state index in [0.29, 0.717) is 18.2 Å². The lowest BCUT2D eigenvalue weighted by atomic mass is 10.1. The Balaban J connectivity index is 2.02. The Morgan fingerprint density at radius 1 is 1.52 bits per heavy atom. The number of rotatable bonds is 8. The van der Waals surface area contributed by atoms with Gasteiger partial charge in [-0.05, 0) is 30.5 Å². The predicted molar refractivity (Wildman–Crippen MR) is 82.2 cm³/mol. The van der Waals surface area contributed by atoms with Crippen LogP contribution in [0.15, 0.2) is 18.2 Å². The second-order valence-corrected chi connectivity index (χ2v) is 5.61. The van der Waals surface area contributed by atoms with Gasteiger partial charge in [-0.3, -0.25) is 0 Å². The molecule has 1 saturated carbocycles. The van der Waals surface area contributed by atoms with Gasteiger partial charge in [0, 0.05) is 33.3 Å². The van der Waals surface area contributed by atoms with E-state index in [9.17, 15) is 10.4 Å². The highest BCUT2D eigenvalue weighted by atomic mass is 16.5. The van der Waals surface area contributed by atoms with Crippen LogP contribution in [0.1, 0.15) is 24.0 Å². The van der Waals surface area contributed by atoms with Gasteiger partial charge in [-0.1, -0.05) is 6.07 Å². The second-order valence-electron chi connectivity index (χ2n) is 5.61. The van der Waals surface area contributed by atoms with Crippen LogP contribution in [0.4, 0.5) is 5.69 Å². The minimum Gasteiger partial charge on any atom is -0.389 e. The minimum absolute atomic E-state index is 0.287. The molecule has 2 N–H and O–H groups in total. The van der Waals surface area contributed by atoms with Crippen LogP contribution in [0.25, 0.3) is 0 Å². The fourth-order valence-corrected chi connectivity index (χ4v) is 2.32. The molecule has 0 saturated heterocycles. The summed E-state index contributed by atoms with van der Waals surface area (Å²) < 4.78 is 4.93. The summed E-state index contributed by atoms with van der Waals surface area (Å²) in [6, 6.07) is 8.80. The maximum absolute atomic E-state index is 9.79. The highest BCUT2D eigenvalue weighted by Gasteiger charge is 2.20. The third kappa shape index (κ3) is 4.71. The molecule has 0 spiro atoms. The molecular formula is C16H23N3O2. The van der Waals surface area contributed by atoms with Crippen molar-refractivity contribution in [1.82, 2.24) is 5.32 Å². The van der Waals surface area contributed by atoms with E-state index in [1.165, 1.54) is 12.8 Å². The highest BCUT2D eigenvalue weighted by molar-refractivity contribution is 5.60. The molecule has 5 nitrogen and oxygen atoms in total. The molecule has 0 bridgehead atoms. The Kier molecular flexibility index (Phi) is 5.57. The van der Waals surface area contributed by atoms with Gasteiger partial charge < -0.3 is 20.1 Å². The number of methoxy groups -OCH3 is 1. The summed E-state index contributed by atoms with van der Waals surface area (Å²) >= 11 is 0.